The number of nitrogens with zero attached hydrogens (tertiary/aromatic N) is 2. The van der Waals surface area contributed by atoms with E-state index in [1.54, 1.807) is 0 Å². The molecule has 1 rings (SSSR count). The molecule has 2 unspecified atom stereocenters. The molecule has 0 spiro atoms. The predicted molar refractivity (Wildman–Crippen MR) is 61.4 cm³/mol. The van der Waals surface area contributed by atoms with E-state index in [4.69, 9.17) is 4.55 Å². The van der Waals surface area contributed by atoms with Crippen LogP contribution in [-0.4, -0.2) is 71.9 Å². The van der Waals surface area contributed by atoms with Crippen molar-refractivity contribution in [3.05, 3.63) is 0 Å². The summed E-state index contributed by atoms with van der Waals surface area (Å²) < 4.78 is 72.0. The molecule has 0 aliphatic carbocycles. The number of alkyl halides is 3. The lowest BCUT2D eigenvalue weighted by molar-refractivity contribution is -0.193. The van der Waals surface area contributed by atoms with Crippen molar-refractivity contribution in [2.75, 3.05) is 13.7 Å². The second-order valence-corrected chi connectivity index (χ2v) is 5.46. The highest BCUT2D eigenvalue weighted by molar-refractivity contribution is 7.84. The molecule has 0 bridgehead atoms. The molecule has 1 fully saturated rings. The summed E-state index contributed by atoms with van der Waals surface area (Å²) in [4.78, 5) is 34.2. The van der Waals surface area contributed by atoms with Gasteiger partial charge in [-0.2, -0.15) is 25.9 Å². The van der Waals surface area contributed by atoms with Crippen molar-refractivity contribution in [3.63, 3.8) is 0 Å². The van der Waals surface area contributed by atoms with Crippen LogP contribution in [0.4, 0.5) is 13.2 Å². The number of likely N-dealkylation sites (N-methyl/N-ethyl adjacent to an activating group) is 1. The molecule has 0 saturated carbocycles. The molecule has 22 heavy (non-hydrogen) atoms. The molecular formula is C9H11F3N2O7S. The Morgan fingerprint density at radius 1 is 1.41 bits per heavy atom. The van der Waals surface area contributed by atoms with Crippen LogP contribution in [0.25, 0.3) is 0 Å². The molecule has 1 N–H and O–H groups in total. The summed E-state index contributed by atoms with van der Waals surface area (Å²) in [6.07, 6.45) is -5.33. The summed E-state index contributed by atoms with van der Waals surface area (Å²) in [5, 5.41) is 0. The van der Waals surface area contributed by atoms with Gasteiger partial charge in [-0.15, -0.1) is 0 Å². The van der Waals surface area contributed by atoms with Crippen LogP contribution in [-0.2, 0) is 29.4 Å². The number of hydrogen-bond donors (Lipinski definition) is 1. The van der Waals surface area contributed by atoms with E-state index in [-0.39, 0.29) is 15.8 Å². The second-order valence-electron chi connectivity index (χ2n) is 4.17. The minimum absolute atomic E-state index is 0.119. The normalized spacial score (nSPS) is 22.1. The van der Waals surface area contributed by atoms with E-state index in [2.05, 4.69) is 4.74 Å². The standard InChI is InChI=1S/C9H11F3N2O7S/c1-3-21-7(16)5-4(6(15)14(5)22(18,19)20)13(2)8(17)9(10,11)12/h4-5H,3H2,1-2H3,(H,18,19,20). The molecule has 1 saturated heterocycles. The Labute approximate surface area is 122 Å². The van der Waals surface area contributed by atoms with Gasteiger partial charge in [-0.3, -0.25) is 14.1 Å². The summed E-state index contributed by atoms with van der Waals surface area (Å²) in [6, 6.07) is -4.13. The molecule has 2 atom stereocenters. The topological polar surface area (TPSA) is 121 Å². The van der Waals surface area contributed by atoms with E-state index in [1.807, 2.05) is 0 Å². The van der Waals surface area contributed by atoms with Crippen molar-refractivity contribution in [1.29, 1.82) is 0 Å². The Hall–Kier alpha value is -1.89. The molecule has 1 aliphatic rings. The highest BCUT2D eigenvalue weighted by Crippen LogP contribution is 2.30. The smallest absolute Gasteiger partial charge is 0.464 e. The van der Waals surface area contributed by atoms with Crippen molar-refractivity contribution in [2.24, 2.45) is 0 Å². The number of halogens is 3. The molecule has 1 heterocycles. The lowest BCUT2D eigenvalue weighted by atomic mass is 9.97. The average molecular weight is 348 g/mol. The molecule has 1 aliphatic heterocycles. The largest absolute Gasteiger partial charge is 0.471 e. The third kappa shape index (κ3) is 3.14. The summed E-state index contributed by atoms with van der Waals surface area (Å²) in [5.41, 5.74) is 0. The van der Waals surface area contributed by atoms with Gasteiger partial charge in [0.15, 0.2) is 6.04 Å². The first-order valence-corrected chi connectivity index (χ1v) is 7.05. The van der Waals surface area contributed by atoms with Crippen LogP contribution in [0, 0.1) is 0 Å². The molecule has 126 valence electrons. The Morgan fingerprint density at radius 2 is 1.91 bits per heavy atom. The highest BCUT2D eigenvalue weighted by Gasteiger charge is 2.62. The Bertz CT molecular complexity index is 603. The highest BCUT2D eigenvalue weighted by atomic mass is 32.2. The van der Waals surface area contributed by atoms with Crippen molar-refractivity contribution < 1.29 is 45.3 Å². The minimum atomic E-state index is -5.33. The molecule has 0 aromatic carbocycles. The molecule has 0 radical (unpaired) electrons. The first kappa shape index (κ1) is 18.2. The lowest BCUT2D eigenvalue weighted by Crippen LogP contribution is -2.75. The van der Waals surface area contributed by atoms with Crippen molar-refractivity contribution in [1.82, 2.24) is 9.21 Å². The fourth-order valence-corrected chi connectivity index (χ4v) is 2.69. The number of carbonyl (C=O) groups is 3. The zero-order valence-electron chi connectivity index (χ0n) is 11.2. The third-order valence-corrected chi connectivity index (χ3v) is 3.68. The number of hydrogen-bond acceptors (Lipinski definition) is 6. The summed E-state index contributed by atoms with van der Waals surface area (Å²) in [5.74, 6) is -5.37. The van der Waals surface area contributed by atoms with E-state index in [1.165, 1.54) is 6.92 Å². The van der Waals surface area contributed by atoms with Gasteiger partial charge in [0.05, 0.1) is 6.61 Å². The number of β-lactam (4-membered cyclic amide) rings is 1. The zero-order valence-corrected chi connectivity index (χ0v) is 12.0. The monoisotopic (exact) mass is 348 g/mol. The molecule has 13 heteroatoms. The van der Waals surface area contributed by atoms with Gasteiger partial charge in [0.2, 0.25) is 0 Å². The third-order valence-electron chi connectivity index (χ3n) is 2.78. The van der Waals surface area contributed by atoms with Crippen molar-refractivity contribution >= 4 is 28.1 Å². The molecule has 2 amide bonds. The van der Waals surface area contributed by atoms with E-state index >= 15 is 0 Å². The van der Waals surface area contributed by atoms with E-state index < -0.39 is 46.3 Å². The van der Waals surface area contributed by atoms with Gasteiger partial charge in [0.25, 0.3) is 5.91 Å². The fraction of sp³-hybridized carbons (Fsp3) is 0.667. The average Bonchev–Trinajstić information content (AvgIpc) is 2.31. The predicted octanol–water partition coefficient (Wildman–Crippen LogP) is -1.05. The van der Waals surface area contributed by atoms with Gasteiger partial charge < -0.3 is 9.64 Å². The summed E-state index contributed by atoms with van der Waals surface area (Å²) in [7, 11) is -4.62. The molecule has 0 aromatic heterocycles. The number of carbonyl (C=O) groups excluding carboxylic acids is 3. The van der Waals surface area contributed by atoms with Gasteiger partial charge in [-0.05, 0) is 6.92 Å². The SMILES string of the molecule is CCOC(=O)C1C(N(C)C(=O)C(F)(F)F)C(=O)N1S(=O)(=O)O. The van der Waals surface area contributed by atoms with Crippen LogP contribution in [0.15, 0.2) is 0 Å². The van der Waals surface area contributed by atoms with E-state index in [0.29, 0.717) is 7.05 Å². The Kier molecular flexibility index (Phi) is 4.72. The number of esters is 1. The van der Waals surface area contributed by atoms with Crippen LogP contribution in [0.1, 0.15) is 6.92 Å². The zero-order chi connectivity index (χ0) is 17.5. The number of amides is 2. The molecular weight excluding hydrogens is 337 g/mol. The van der Waals surface area contributed by atoms with Gasteiger partial charge in [0.1, 0.15) is 6.04 Å². The maximum Gasteiger partial charge on any atom is 0.471 e. The van der Waals surface area contributed by atoms with Crippen LogP contribution in [0.3, 0.4) is 0 Å². The van der Waals surface area contributed by atoms with Crippen molar-refractivity contribution in [2.45, 2.75) is 25.2 Å². The summed E-state index contributed by atoms with van der Waals surface area (Å²) in [6.45, 7) is 1.07. The first-order valence-electron chi connectivity index (χ1n) is 5.65. The maximum atomic E-state index is 12.4. The fourth-order valence-electron chi connectivity index (χ4n) is 1.86. The first-order chi connectivity index (χ1) is 9.84. The van der Waals surface area contributed by atoms with Crippen molar-refractivity contribution in [3.8, 4) is 0 Å². The van der Waals surface area contributed by atoms with Gasteiger partial charge in [-0.25, -0.2) is 4.79 Å². The summed E-state index contributed by atoms with van der Waals surface area (Å²) >= 11 is 0. The second kappa shape index (κ2) is 5.72. The maximum absolute atomic E-state index is 12.4. The minimum Gasteiger partial charge on any atom is -0.464 e. The van der Waals surface area contributed by atoms with Crippen LogP contribution < -0.4 is 0 Å². The molecule has 0 aromatic rings. The number of rotatable bonds is 4. The van der Waals surface area contributed by atoms with Crippen LogP contribution in [0.2, 0.25) is 0 Å². The number of ether oxygens (including phenoxy) is 1. The lowest BCUT2D eigenvalue weighted by Gasteiger charge is -2.45. The van der Waals surface area contributed by atoms with Gasteiger partial charge in [0, 0.05) is 7.05 Å². The van der Waals surface area contributed by atoms with E-state index in [0.717, 1.165) is 0 Å². The Morgan fingerprint density at radius 3 is 2.27 bits per heavy atom. The van der Waals surface area contributed by atoms with Crippen LogP contribution in [0.5, 0.6) is 0 Å². The van der Waals surface area contributed by atoms with E-state index in [9.17, 15) is 36.0 Å². The van der Waals surface area contributed by atoms with Gasteiger partial charge in [-0.1, -0.05) is 0 Å². The Balaban J connectivity index is 3.16. The molecule has 9 nitrogen and oxygen atoms in total. The quantitative estimate of drug-likeness (QED) is 0.391. The van der Waals surface area contributed by atoms with Crippen LogP contribution >= 0.6 is 0 Å². The van der Waals surface area contributed by atoms with Gasteiger partial charge >= 0.3 is 28.4 Å².